The highest BCUT2D eigenvalue weighted by molar-refractivity contribution is 6.03. The van der Waals surface area contributed by atoms with Gasteiger partial charge in [-0.2, -0.15) is 5.10 Å². The molecule has 1 heterocycles. The number of ether oxygens (including phenoxy) is 2. The van der Waals surface area contributed by atoms with Crippen LogP contribution in [0.2, 0.25) is 0 Å². The summed E-state index contributed by atoms with van der Waals surface area (Å²) in [6.07, 6.45) is 6.96. The van der Waals surface area contributed by atoms with Gasteiger partial charge in [-0.3, -0.25) is 9.59 Å². The molecule has 6 nitrogen and oxygen atoms in total. The van der Waals surface area contributed by atoms with Gasteiger partial charge in [0.25, 0.3) is 5.91 Å². The van der Waals surface area contributed by atoms with E-state index in [-0.39, 0.29) is 30.4 Å². The number of carbonyl (C=O) groups excluding carboxylic acids is 2. The van der Waals surface area contributed by atoms with Crippen molar-refractivity contribution in [1.29, 1.82) is 0 Å². The minimum atomic E-state index is -0.350. The summed E-state index contributed by atoms with van der Waals surface area (Å²) < 4.78 is 10.5. The van der Waals surface area contributed by atoms with Crippen LogP contribution in [0, 0.1) is 5.92 Å². The van der Waals surface area contributed by atoms with Crippen molar-refractivity contribution in [3.05, 3.63) is 77.9 Å². The first-order valence-corrected chi connectivity index (χ1v) is 10.5. The Balaban J connectivity index is 1.48. The molecule has 2 aromatic rings. The number of hydrazone groups is 1. The Hall–Kier alpha value is -3.41. The van der Waals surface area contributed by atoms with E-state index in [1.807, 2.05) is 60.7 Å². The van der Waals surface area contributed by atoms with Crippen molar-refractivity contribution >= 4 is 17.6 Å². The zero-order valence-electron chi connectivity index (χ0n) is 17.6. The van der Waals surface area contributed by atoms with E-state index in [4.69, 9.17) is 9.47 Å². The maximum Gasteiger partial charge on any atom is 0.306 e. The molecular formula is C25H26N2O4. The summed E-state index contributed by atoms with van der Waals surface area (Å²) in [6, 6.07) is 17.2. The predicted molar refractivity (Wildman–Crippen MR) is 118 cm³/mol. The van der Waals surface area contributed by atoms with Gasteiger partial charge in [-0.25, -0.2) is 5.01 Å². The number of methoxy groups -OCH3 is 1. The van der Waals surface area contributed by atoms with E-state index < -0.39 is 0 Å². The van der Waals surface area contributed by atoms with E-state index >= 15 is 0 Å². The van der Waals surface area contributed by atoms with Crippen LogP contribution in [0.1, 0.15) is 42.9 Å². The van der Waals surface area contributed by atoms with Gasteiger partial charge < -0.3 is 9.47 Å². The Kier molecular flexibility index (Phi) is 6.46. The van der Waals surface area contributed by atoms with Crippen molar-refractivity contribution in [2.75, 3.05) is 13.7 Å². The van der Waals surface area contributed by atoms with Gasteiger partial charge in [-0.05, 0) is 42.0 Å². The molecule has 6 heteroatoms. The quantitative estimate of drug-likeness (QED) is 0.497. The third-order valence-electron chi connectivity index (χ3n) is 5.67. The molecule has 160 valence electrons. The van der Waals surface area contributed by atoms with E-state index in [9.17, 15) is 9.59 Å². The second-order valence-corrected chi connectivity index (χ2v) is 7.77. The molecule has 4 rings (SSSR count). The number of benzene rings is 2. The largest absolute Gasteiger partial charge is 0.497 e. The molecule has 31 heavy (non-hydrogen) atoms. The Morgan fingerprint density at radius 2 is 1.87 bits per heavy atom. The molecule has 1 aliphatic carbocycles. The van der Waals surface area contributed by atoms with E-state index in [1.165, 1.54) is 5.01 Å². The number of esters is 1. The van der Waals surface area contributed by atoms with Crippen molar-refractivity contribution in [2.24, 2.45) is 11.0 Å². The van der Waals surface area contributed by atoms with E-state index in [2.05, 4.69) is 11.2 Å². The van der Waals surface area contributed by atoms with Crippen LogP contribution in [-0.2, 0) is 14.3 Å². The lowest BCUT2D eigenvalue weighted by Crippen LogP contribution is -2.31. The van der Waals surface area contributed by atoms with Crippen LogP contribution in [-0.4, -0.2) is 36.3 Å². The summed E-state index contributed by atoms with van der Waals surface area (Å²) in [5, 5.41) is 6.06. The lowest BCUT2D eigenvalue weighted by atomic mass is 9.98. The molecule has 0 bridgehead atoms. The molecule has 0 saturated heterocycles. The van der Waals surface area contributed by atoms with Crippen molar-refractivity contribution in [1.82, 2.24) is 5.01 Å². The smallest absolute Gasteiger partial charge is 0.306 e. The van der Waals surface area contributed by atoms with Gasteiger partial charge in [0.15, 0.2) is 6.61 Å². The lowest BCUT2D eigenvalue weighted by Gasteiger charge is -2.22. The van der Waals surface area contributed by atoms with Gasteiger partial charge in [-0.15, -0.1) is 0 Å². The molecule has 1 aliphatic heterocycles. The van der Waals surface area contributed by atoms with Crippen LogP contribution in [0.5, 0.6) is 5.75 Å². The molecule has 0 N–H and O–H groups in total. The SMILES string of the molecule is COc1ccc([C@@H]2CC(c3ccccc3)=NN2C(=O)COC(=O)C[C@@H]2C=CCC2)cc1. The van der Waals surface area contributed by atoms with E-state index in [0.717, 1.165) is 35.4 Å². The molecule has 0 spiro atoms. The van der Waals surface area contributed by atoms with Crippen LogP contribution >= 0.6 is 0 Å². The monoisotopic (exact) mass is 418 g/mol. The highest BCUT2D eigenvalue weighted by atomic mass is 16.5. The maximum atomic E-state index is 13.0. The van der Waals surface area contributed by atoms with Crippen LogP contribution in [0.3, 0.4) is 0 Å². The molecule has 0 unspecified atom stereocenters. The molecule has 0 fully saturated rings. The maximum absolute atomic E-state index is 13.0. The van der Waals surface area contributed by atoms with Crippen molar-refractivity contribution in [2.45, 2.75) is 31.7 Å². The molecule has 1 amide bonds. The van der Waals surface area contributed by atoms with Gasteiger partial charge in [0.2, 0.25) is 0 Å². The number of carbonyl (C=O) groups is 2. The predicted octanol–water partition coefficient (Wildman–Crippen LogP) is 4.27. The second kappa shape index (κ2) is 9.60. The number of allylic oxidation sites excluding steroid dienone is 2. The molecule has 2 aromatic carbocycles. The van der Waals surface area contributed by atoms with Crippen LogP contribution in [0.4, 0.5) is 0 Å². The van der Waals surface area contributed by atoms with Gasteiger partial charge in [0, 0.05) is 6.42 Å². The second-order valence-electron chi connectivity index (χ2n) is 7.77. The third kappa shape index (κ3) is 5.02. The fourth-order valence-corrected chi connectivity index (χ4v) is 3.98. The fourth-order valence-electron chi connectivity index (χ4n) is 3.98. The molecule has 2 aliphatic rings. The zero-order valence-corrected chi connectivity index (χ0v) is 17.6. The zero-order chi connectivity index (χ0) is 21.6. The molecular weight excluding hydrogens is 392 g/mol. The van der Waals surface area contributed by atoms with Crippen molar-refractivity contribution in [3.8, 4) is 5.75 Å². The first-order valence-electron chi connectivity index (χ1n) is 10.5. The van der Waals surface area contributed by atoms with Crippen LogP contribution in [0.25, 0.3) is 0 Å². The minimum absolute atomic E-state index is 0.212. The van der Waals surface area contributed by atoms with Crippen molar-refractivity contribution < 1.29 is 19.1 Å². The average molecular weight is 418 g/mol. The van der Waals surface area contributed by atoms with E-state index in [0.29, 0.717) is 12.8 Å². The molecule has 0 saturated carbocycles. The molecule has 0 radical (unpaired) electrons. The number of rotatable bonds is 7. The third-order valence-corrected chi connectivity index (χ3v) is 5.67. The van der Waals surface area contributed by atoms with Gasteiger partial charge in [-0.1, -0.05) is 54.6 Å². The first kappa shape index (κ1) is 20.8. The summed E-state index contributed by atoms with van der Waals surface area (Å²) in [4.78, 5) is 25.1. The molecule has 2 atom stereocenters. The number of nitrogens with zero attached hydrogens (tertiary/aromatic N) is 2. The normalized spacial score (nSPS) is 19.9. The minimum Gasteiger partial charge on any atom is -0.497 e. The summed E-state index contributed by atoms with van der Waals surface area (Å²) in [7, 11) is 1.62. The lowest BCUT2D eigenvalue weighted by molar-refractivity contribution is -0.153. The average Bonchev–Trinajstić information content (AvgIpc) is 3.48. The van der Waals surface area contributed by atoms with Gasteiger partial charge in [0.05, 0.1) is 25.3 Å². The Bertz CT molecular complexity index is 982. The fraction of sp³-hybridized carbons (Fsp3) is 0.320. The standard InChI is InChI=1S/C25H26N2O4/c1-30-21-13-11-20(12-14-21)23-16-22(19-9-3-2-4-10-19)26-27(23)24(28)17-31-25(29)15-18-7-5-6-8-18/h2-5,7,9-14,18,23H,6,8,15-17H2,1H3/t18-,23+/m1/s1. The van der Waals surface area contributed by atoms with Gasteiger partial charge in [0.1, 0.15) is 5.75 Å². The Morgan fingerprint density at radius 1 is 1.10 bits per heavy atom. The number of hydrogen-bond donors (Lipinski definition) is 0. The topological polar surface area (TPSA) is 68.2 Å². The van der Waals surface area contributed by atoms with Gasteiger partial charge >= 0.3 is 5.97 Å². The number of hydrogen-bond acceptors (Lipinski definition) is 5. The molecule has 0 aromatic heterocycles. The summed E-state index contributed by atoms with van der Waals surface area (Å²) in [6.45, 7) is -0.312. The number of amides is 1. The summed E-state index contributed by atoms with van der Waals surface area (Å²) in [5.41, 5.74) is 2.75. The van der Waals surface area contributed by atoms with E-state index in [1.54, 1.807) is 7.11 Å². The summed E-state index contributed by atoms with van der Waals surface area (Å²) >= 11 is 0. The highest BCUT2D eigenvalue weighted by Crippen LogP contribution is 2.33. The van der Waals surface area contributed by atoms with Crippen LogP contribution in [0.15, 0.2) is 71.9 Å². The van der Waals surface area contributed by atoms with Crippen molar-refractivity contribution in [3.63, 3.8) is 0 Å². The highest BCUT2D eigenvalue weighted by Gasteiger charge is 2.33. The summed E-state index contributed by atoms with van der Waals surface area (Å²) in [5.74, 6) is 0.280. The Morgan fingerprint density at radius 3 is 2.55 bits per heavy atom. The van der Waals surface area contributed by atoms with Crippen LogP contribution < -0.4 is 4.74 Å². The first-order chi connectivity index (χ1) is 15.1. The Labute approximate surface area is 182 Å².